The molecule has 0 saturated heterocycles. The first-order chi connectivity index (χ1) is 12.7. The van der Waals surface area contributed by atoms with Crippen LogP contribution in [0, 0.1) is 5.92 Å². The number of carbonyl (C=O) groups is 1. The molecule has 1 aromatic heterocycles. The van der Waals surface area contributed by atoms with E-state index in [2.05, 4.69) is 6.07 Å². The first kappa shape index (κ1) is 16.9. The SMILES string of the molecule is COc1ccc(-c2cc3n(n2)CCCN(C(=O)C2CCC2)C3)cc1OC. The summed E-state index contributed by atoms with van der Waals surface area (Å²) in [6.45, 7) is 2.32. The molecular formula is C20H25N3O3. The van der Waals surface area contributed by atoms with E-state index in [0.29, 0.717) is 24.0 Å². The fourth-order valence-electron chi connectivity index (χ4n) is 3.70. The van der Waals surface area contributed by atoms with Crippen LogP contribution in [-0.4, -0.2) is 41.4 Å². The average Bonchev–Trinajstić information content (AvgIpc) is 2.91. The van der Waals surface area contributed by atoms with Crippen LogP contribution < -0.4 is 9.47 Å². The van der Waals surface area contributed by atoms with E-state index in [1.165, 1.54) is 6.42 Å². The molecule has 26 heavy (non-hydrogen) atoms. The van der Waals surface area contributed by atoms with Crippen molar-refractivity contribution in [3.63, 3.8) is 0 Å². The summed E-state index contributed by atoms with van der Waals surface area (Å²) in [4.78, 5) is 14.7. The molecule has 6 heteroatoms. The maximum absolute atomic E-state index is 12.6. The molecule has 0 atom stereocenters. The summed E-state index contributed by atoms with van der Waals surface area (Å²) < 4.78 is 12.8. The Hall–Kier alpha value is -2.50. The molecule has 6 nitrogen and oxygen atoms in total. The number of hydrogen-bond donors (Lipinski definition) is 0. The third-order valence-electron chi connectivity index (χ3n) is 5.46. The van der Waals surface area contributed by atoms with Crippen LogP contribution in [0.3, 0.4) is 0 Å². The lowest BCUT2D eigenvalue weighted by atomic mass is 9.84. The Balaban J connectivity index is 1.59. The molecule has 0 N–H and O–H groups in total. The fourth-order valence-corrected chi connectivity index (χ4v) is 3.70. The standard InChI is InChI=1S/C20H25N3O3/c1-25-18-8-7-15(11-19(18)26-2)17-12-16-13-22(9-4-10-23(16)21-17)20(24)14-5-3-6-14/h7-8,11-12,14H,3-6,9-10,13H2,1-2H3. The van der Waals surface area contributed by atoms with Gasteiger partial charge in [-0.15, -0.1) is 0 Å². The molecule has 4 rings (SSSR count). The van der Waals surface area contributed by atoms with Crippen LogP contribution in [0.1, 0.15) is 31.4 Å². The third kappa shape index (κ3) is 3.04. The minimum atomic E-state index is 0.245. The lowest BCUT2D eigenvalue weighted by Crippen LogP contribution is -2.38. The number of fused-ring (bicyclic) bond motifs is 1. The smallest absolute Gasteiger partial charge is 0.226 e. The van der Waals surface area contributed by atoms with Crippen LogP contribution >= 0.6 is 0 Å². The number of nitrogens with zero attached hydrogens (tertiary/aromatic N) is 3. The van der Waals surface area contributed by atoms with Gasteiger partial charge in [-0.2, -0.15) is 5.10 Å². The summed E-state index contributed by atoms with van der Waals surface area (Å²) >= 11 is 0. The van der Waals surface area contributed by atoms with Crippen molar-refractivity contribution in [3.8, 4) is 22.8 Å². The monoisotopic (exact) mass is 355 g/mol. The van der Waals surface area contributed by atoms with Crippen LogP contribution in [0.2, 0.25) is 0 Å². The molecular weight excluding hydrogens is 330 g/mol. The highest BCUT2D eigenvalue weighted by Crippen LogP contribution is 2.33. The van der Waals surface area contributed by atoms with Crippen molar-refractivity contribution in [2.45, 2.75) is 38.8 Å². The van der Waals surface area contributed by atoms with E-state index < -0.39 is 0 Å². The quantitative estimate of drug-likeness (QED) is 0.846. The Labute approximate surface area is 153 Å². The number of carbonyl (C=O) groups excluding carboxylic acids is 1. The summed E-state index contributed by atoms with van der Waals surface area (Å²) in [5, 5.41) is 4.77. The average molecular weight is 355 g/mol. The van der Waals surface area contributed by atoms with Gasteiger partial charge in [0.15, 0.2) is 11.5 Å². The Morgan fingerprint density at radius 3 is 2.58 bits per heavy atom. The number of benzene rings is 1. The molecule has 0 unspecified atom stereocenters. The van der Waals surface area contributed by atoms with Crippen LogP contribution in [0.15, 0.2) is 24.3 Å². The number of methoxy groups -OCH3 is 2. The molecule has 0 bridgehead atoms. The van der Waals surface area contributed by atoms with Crippen molar-refractivity contribution < 1.29 is 14.3 Å². The zero-order valence-corrected chi connectivity index (χ0v) is 15.4. The minimum Gasteiger partial charge on any atom is -0.493 e. The van der Waals surface area contributed by atoms with Crippen molar-refractivity contribution in [1.29, 1.82) is 0 Å². The van der Waals surface area contributed by atoms with Gasteiger partial charge in [-0.05, 0) is 43.5 Å². The van der Waals surface area contributed by atoms with Crippen LogP contribution in [0.25, 0.3) is 11.3 Å². The summed E-state index contributed by atoms with van der Waals surface area (Å²) in [6, 6.07) is 7.91. The first-order valence-electron chi connectivity index (χ1n) is 9.27. The van der Waals surface area contributed by atoms with E-state index in [0.717, 1.165) is 49.3 Å². The highest BCUT2D eigenvalue weighted by molar-refractivity contribution is 5.79. The second-order valence-electron chi connectivity index (χ2n) is 7.05. The molecule has 1 aliphatic heterocycles. The van der Waals surface area contributed by atoms with Gasteiger partial charge in [-0.1, -0.05) is 6.42 Å². The first-order valence-corrected chi connectivity index (χ1v) is 9.27. The molecule has 138 valence electrons. The van der Waals surface area contributed by atoms with Gasteiger partial charge in [0.2, 0.25) is 5.91 Å². The van der Waals surface area contributed by atoms with Gasteiger partial charge in [0.25, 0.3) is 0 Å². The molecule has 2 aliphatic rings. The number of rotatable bonds is 4. The molecule has 1 amide bonds. The fraction of sp³-hybridized carbons (Fsp3) is 0.500. The Morgan fingerprint density at radius 2 is 1.88 bits per heavy atom. The normalized spacial score (nSPS) is 17.2. The Morgan fingerprint density at radius 1 is 1.08 bits per heavy atom. The highest BCUT2D eigenvalue weighted by atomic mass is 16.5. The third-order valence-corrected chi connectivity index (χ3v) is 5.46. The molecule has 0 radical (unpaired) electrons. The zero-order valence-electron chi connectivity index (χ0n) is 15.4. The molecule has 1 aliphatic carbocycles. The summed E-state index contributed by atoms with van der Waals surface area (Å²) in [6.07, 6.45) is 4.22. The highest BCUT2D eigenvalue weighted by Gasteiger charge is 2.30. The molecule has 1 fully saturated rings. The van der Waals surface area contributed by atoms with Gasteiger partial charge in [-0.3, -0.25) is 9.48 Å². The summed E-state index contributed by atoms with van der Waals surface area (Å²) in [5.41, 5.74) is 2.99. The molecule has 2 heterocycles. The van der Waals surface area contributed by atoms with Crippen LogP contribution in [0.5, 0.6) is 11.5 Å². The second-order valence-corrected chi connectivity index (χ2v) is 7.05. The number of amides is 1. The van der Waals surface area contributed by atoms with Gasteiger partial charge in [-0.25, -0.2) is 0 Å². The van der Waals surface area contributed by atoms with Crippen molar-refractivity contribution in [3.05, 3.63) is 30.0 Å². The van der Waals surface area contributed by atoms with E-state index in [9.17, 15) is 4.79 Å². The molecule has 1 saturated carbocycles. The van der Waals surface area contributed by atoms with Crippen LogP contribution in [0.4, 0.5) is 0 Å². The van der Waals surface area contributed by atoms with Crippen molar-refractivity contribution >= 4 is 5.91 Å². The molecule has 1 aromatic carbocycles. The predicted octanol–water partition coefficient (Wildman–Crippen LogP) is 3.10. The zero-order chi connectivity index (χ0) is 18.1. The van der Waals surface area contributed by atoms with Crippen molar-refractivity contribution in [1.82, 2.24) is 14.7 Å². The summed E-state index contributed by atoms with van der Waals surface area (Å²) in [7, 11) is 3.26. The van der Waals surface area contributed by atoms with Gasteiger partial charge < -0.3 is 14.4 Å². The lowest BCUT2D eigenvalue weighted by molar-refractivity contribution is -0.138. The number of aryl methyl sites for hydroxylation is 1. The van der Waals surface area contributed by atoms with E-state index in [1.54, 1.807) is 14.2 Å². The topological polar surface area (TPSA) is 56.6 Å². The van der Waals surface area contributed by atoms with Crippen LogP contribution in [-0.2, 0) is 17.9 Å². The van der Waals surface area contributed by atoms with Crippen molar-refractivity contribution in [2.75, 3.05) is 20.8 Å². The van der Waals surface area contributed by atoms with Gasteiger partial charge >= 0.3 is 0 Å². The molecule has 0 spiro atoms. The number of ether oxygens (including phenoxy) is 2. The summed E-state index contributed by atoms with van der Waals surface area (Å²) in [5.74, 6) is 1.96. The van der Waals surface area contributed by atoms with E-state index >= 15 is 0 Å². The number of aromatic nitrogens is 2. The lowest BCUT2D eigenvalue weighted by Gasteiger charge is -2.30. The number of hydrogen-bond acceptors (Lipinski definition) is 4. The second kappa shape index (κ2) is 7.02. The molecule has 2 aromatic rings. The van der Waals surface area contributed by atoms with E-state index in [4.69, 9.17) is 14.6 Å². The van der Waals surface area contributed by atoms with E-state index in [1.807, 2.05) is 27.8 Å². The Kier molecular flexibility index (Phi) is 4.57. The van der Waals surface area contributed by atoms with Crippen molar-refractivity contribution in [2.24, 2.45) is 5.92 Å². The van der Waals surface area contributed by atoms with Gasteiger partial charge in [0, 0.05) is 24.6 Å². The largest absolute Gasteiger partial charge is 0.493 e. The minimum absolute atomic E-state index is 0.245. The van der Waals surface area contributed by atoms with E-state index in [-0.39, 0.29) is 5.92 Å². The Bertz CT molecular complexity index is 811. The predicted molar refractivity (Wildman–Crippen MR) is 98.1 cm³/mol. The maximum Gasteiger partial charge on any atom is 0.226 e. The van der Waals surface area contributed by atoms with Gasteiger partial charge in [0.1, 0.15) is 0 Å². The maximum atomic E-state index is 12.6. The van der Waals surface area contributed by atoms with Gasteiger partial charge in [0.05, 0.1) is 32.2 Å².